The molecule has 13 nitrogen and oxygen atoms in total. The number of likely N-dealkylation sites (N-methyl/N-ethyl adjacent to an activating group) is 1. The fraction of sp³-hybridized carbons (Fsp3) is 0.765. The zero-order chi connectivity index (χ0) is 33.4. The SMILES string of the molecule is CC.CCCc1c([C@H]2CCCCC23OCCO3)noc1-c1nc(OC[C@@H]2CCCN2C)c2c(n1)n(CCCOC)c(=O)n2CCOC. The van der Waals surface area contributed by atoms with Gasteiger partial charge >= 0.3 is 5.69 Å². The summed E-state index contributed by atoms with van der Waals surface area (Å²) in [6.07, 6.45) is 8.33. The van der Waals surface area contributed by atoms with E-state index in [1.54, 1.807) is 23.4 Å². The highest BCUT2D eigenvalue weighted by Crippen LogP contribution is 2.48. The topological polar surface area (TPSA) is 128 Å². The molecule has 6 rings (SSSR count). The van der Waals surface area contributed by atoms with Crippen molar-refractivity contribution < 1.29 is 28.2 Å². The van der Waals surface area contributed by atoms with E-state index < -0.39 is 5.79 Å². The van der Waals surface area contributed by atoms with Crippen LogP contribution in [0.3, 0.4) is 0 Å². The van der Waals surface area contributed by atoms with Crippen molar-refractivity contribution in [3.8, 4) is 17.5 Å². The first kappa shape index (κ1) is 35.5. The highest BCUT2D eigenvalue weighted by Gasteiger charge is 2.49. The molecule has 3 fully saturated rings. The van der Waals surface area contributed by atoms with E-state index in [1.807, 2.05) is 13.8 Å². The number of imidazole rings is 1. The summed E-state index contributed by atoms with van der Waals surface area (Å²) in [5.74, 6) is 0.540. The number of ether oxygens (including phenoxy) is 5. The van der Waals surface area contributed by atoms with Gasteiger partial charge in [-0.1, -0.05) is 38.8 Å². The molecule has 1 saturated carbocycles. The van der Waals surface area contributed by atoms with Crippen LogP contribution in [-0.2, 0) is 38.5 Å². The molecule has 1 spiro atoms. The number of hydrogen-bond acceptors (Lipinski definition) is 11. The van der Waals surface area contributed by atoms with Gasteiger partial charge in [-0.05, 0) is 52.1 Å². The number of fused-ring (bicyclic) bond motifs is 1. The molecule has 13 heteroatoms. The molecule has 3 aromatic rings. The Morgan fingerprint density at radius 1 is 0.979 bits per heavy atom. The van der Waals surface area contributed by atoms with Crippen LogP contribution in [-0.4, -0.2) is 102 Å². The van der Waals surface area contributed by atoms with E-state index in [9.17, 15) is 4.79 Å². The van der Waals surface area contributed by atoms with E-state index >= 15 is 0 Å². The van der Waals surface area contributed by atoms with Crippen molar-refractivity contribution in [1.82, 2.24) is 29.2 Å². The molecule has 2 aliphatic heterocycles. The van der Waals surface area contributed by atoms with Gasteiger partial charge in [0.15, 0.2) is 17.0 Å². The van der Waals surface area contributed by atoms with Crippen LogP contribution in [0.1, 0.15) is 89.3 Å². The van der Waals surface area contributed by atoms with E-state index in [1.165, 1.54) is 0 Å². The van der Waals surface area contributed by atoms with E-state index in [0.29, 0.717) is 81.2 Å². The lowest BCUT2D eigenvalue weighted by molar-refractivity contribution is -0.192. The molecular weight excluding hydrogens is 604 g/mol. The second-order valence-corrected chi connectivity index (χ2v) is 12.5. The number of aromatic nitrogens is 5. The van der Waals surface area contributed by atoms with Crippen LogP contribution in [0.15, 0.2) is 9.32 Å². The van der Waals surface area contributed by atoms with E-state index in [0.717, 1.165) is 69.2 Å². The Morgan fingerprint density at radius 3 is 2.47 bits per heavy atom. The third-order valence-electron chi connectivity index (χ3n) is 9.58. The van der Waals surface area contributed by atoms with E-state index in [-0.39, 0.29) is 17.6 Å². The summed E-state index contributed by atoms with van der Waals surface area (Å²) in [7, 11) is 5.40. The summed E-state index contributed by atoms with van der Waals surface area (Å²) in [5, 5.41) is 4.66. The van der Waals surface area contributed by atoms with Gasteiger partial charge in [0, 0.05) is 45.4 Å². The van der Waals surface area contributed by atoms with Crippen molar-refractivity contribution in [2.24, 2.45) is 0 Å². The summed E-state index contributed by atoms with van der Waals surface area (Å²) in [6.45, 7) is 10.5. The summed E-state index contributed by atoms with van der Waals surface area (Å²) in [6, 6.07) is 0.267. The smallest absolute Gasteiger partial charge is 0.330 e. The van der Waals surface area contributed by atoms with Gasteiger partial charge in [0.25, 0.3) is 0 Å². The maximum atomic E-state index is 13.9. The number of nitrogens with zero attached hydrogens (tertiary/aromatic N) is 6. The van der Waals surface area contributed by atoms with Crippen LogP contribution < -0.4 is 10.4 Å². The van der Waals surface area contributed by atoms with Crippen molar-refractivity contribution in [3.63, 3.8) is 0 Å². The Morgan fingerprint density at radius 2 is 1.77 bits per heavy atom. The minimum atomic E-state index is -0.665. The summed E-state index contributed by atoms with van der Waals surface area (Å²) >= 11 is 0. The molecule has 0 unspecified atom stereocenters. The Kier molecular flexibility index (Phi) is 12.5. The van der Waals surface area contributed by atoms with Crippen LogP contribution in [0.25, 0.3) is 22.7 Å². The fourth-order valence-electron chi connectivity index (χ4n) is 7.24. The summed E-state index contributed by atoms with van der Waals surface area (Å²) in [4.78, 5) is 26.2. The normalized spacial score (nSPS) is 21.1. The molecule has 0 amide bonds. The first-order valence-electron chi connectivity index (χ1n) is 17.6. The van der Waals surface area contributed by atoms with E-state index in [4.69, 9.17) is 38.2 Å². The van der Waals surface area contributed by atoms with Gasteiger partial charge in [0.05, 0.1) is 38.0 Å². The van der Waals surface area contributed by atoms with E-state index in [2.05, 4.69) is 24.0 Å². The zero-order valence-electron chi connectivity index (χ0n) is 29.2. The van der Waals surface area contributed by atoms with Crippen molar-refractivity contribution >= 4 is 11.2 Å². The maximum absolute atomic E-state index is 13.9. The first-order chi connectivity index (χ1) is 23.0. The van der Waals surface area contributed by atoms with Crippen LogP contribution in [0.5, 0.6) is 5.88 Å². The third kappa shape index (κ3) is 7.29. The lowest BCUT2D eigenvalue weighted by atomic mass is 9.79. The Balaban J connectivity index is 0.00000213. The monoisotopic (exact) mass is 658 g/mol. The molecule has 1 aliphatic carbocycles. The standard InChI is InChI=1S/C32H48N6O7.C2H6/c1-5-10-23-25(24-12-6-7-13-32(24)43-19-20-44-32)35-45-27(23)28-33-29-26(30(34-28)42-21-22-11-8-14-36(22)2)37(16-18-41-4)31(39)38(29)15-9-17-40-3;1-2/h22,24H,5-21H2,1-4H3;1-2H3/t22-,24+;/m0./s1. The Labute approximate surface area is 277 Å². The quantitative estimate of drug-likeness (QED) is 0.222. The van der Waals surface area contributed by atoms with Gasteiger partial charge < -0.3 is 33.1 Å². The highest BCUT2D eigenvalue weighted by atomic mass is 16.7. The van der Waals surface area contributed by atoms with Crippen LogP contribution in [0.4, 0.5) is 0 Å². The van der Waals surface area contributed by atoms with Gasteiger partial charge in [-0.25, -0.2) is 9.78 Å². The van der Waals surface area contributed by atoms with Gasteiger partial charge in [-0.3, -0.25) is 9.13 Å². The van der Waals surface area contributed by atoms with Crippen molar-refractivity contribution in [2.45, 2.75) is 109 Å². The van der Waals surface area contributed by atoms with Gasteiger partial charge in [0.2, 0.25) is 17.5 Å². The fourth-order valence-corrected chi connectivity index (χ4v) is 7.24. The lowest BCUT2D eigenvalue weighted by Gasteiger charge is -2.38. The van der Waals surface area contributed by atoms with Crippen LogP contribution in [0.2, 0.25) is 0 Å². The molecule has 2 saturated heterocycles. The molecule has 0 N–H and O–H groups in total. The van der Waals surface area contributed by atoms with Crippen molar-refractivity contribution in [3.05, 3.63) is 21.7 Å². The average molecular weight is 659 g/mol. The minimum Gasteiger partial charge on any atom is -0.474 e. The summed E-state index contributed by atoms with van der Waals surface area (Å²) in [5.41, 5.74) is 2.72. The molecule has 3 aromatic heterocycles. The van der Waals surface area contributed by atoms with Gasteiger partial charge in [0.1, 0.15) is 6.61 Å². The van der Waals surface area contributed by atoms with Crippen LogP contribution >= 0.6 is 0 Å². The summed E-state index contributed by atoms with van der Waals surface area (Å²) < 4.78 is 39.2. The predicted octanol–water partition coefficient (Wildman–Crippen LogP) is 4.78. The number of methoxy groups -OCH3 is 2. The Hall–Kier alpha value is -2.84. The molecule has 5 heterocycles. The van der Waals surface area contributed by atoms with Crippen LogP contribution in [0, 0.1) is 0 Å². The molecule has 3 aliphatic rings. The zero-order valence-corrected chi connectivity index (χ0v) is 29.2. The largest absolute Gasteiger partial charge is 0.474 e. The second kappa shape index (κ2) is 16.5. The average Bonchev–Trinajstić information content (AvgIpc) is 3.88. The lowest BCUT2D eigenvalue weighted by Crippen LogP contribution is -2.40. The highest BCUT2D eigenvalue weighted by molar-refractivity contribution is 5.80. The Bertz CT molecular complexity index is 1490. The predicted molar refractivity (Wildman–Crippen MR) is 178 cm³/mol. The van der Waals surface area contributed by atoms with Gasteiger partial charge in [-0.2, -0.15) is 4.98 Å². The molecule has 262 valence electrons. The number of rotatable bonds is 14. The number of hydrogen-bond donors (Lipinski definition) is 0. The molecule has 0 aromatic carbocycles. The molecular formula is C34H54N6O7. The molecule has 2 atom stereocenters. The third-order valence-corrected chi connectivity index (χ3v) is 9.58. The van der Waals surface area contributed by atoms with Gasteiger partial charge in [-0.15, -0.1) is 0 Å². The molecule has 0 radical (unpaired) electrons. The molecule has 47 heavy (non-hydrogen) atoms. The maximum Gasteiger partial charge on any atom is 0.330 e. The molecule has 0 bridgehead atoms. The van der Waals surface area contributed by atoms with Crippen molar-refractivity contribution in [2.75, 3.05) is 60.8 Å². The number of aryl methyl sites for hydroxylation is 1. The number of likely N-dealkylation sites (tertiary alicyclic amines) is 1. The second-order valence-electron chi connectivity index (χ2n) is 12.5. The van der Waals surface area contributed by atoms with Crippen molar-refractivity contribution in [1.29, 1.82) is 0 Å². The minimum absolute atomic E-state index is 0.0347. The first-order valence-corrected chi connectivity index (χ1v) is 17.6.